The van der Waals surface area contributed by atoms with E-state index < -0.39 is 0 Å². The van der Waals surface area contributed by atoms with Gasteiger partial charge in [0.1, 0.15) is 0 Å². The minimum Gasteiger partial charge on any atom is -0.371 e. The van der Waals surface area contributed by atoms with E-state index in [1.807, 2.05) is 0 Å². The Kier molecular flexibility index (Phi) is 5.04. The standard InChI is InChI=1S/C16H24BrNO/c1-4-16(2,3)19-11-13-6-5-12(9-15(13)17)10-18-14-7-8-14/h5-6,9,14,18H,4,7-8,10-11H2,1-3H3. The molecule has 0 unspecified atom stereocenters. The van der Waals surface area contributed by atoms with Crippen molar-refractivity contribution in [2.24, 2.45) is 0 Å². The van der Waals surface area contributed by atoms with Gasteiger partial charge in [0, 0.05) is 17.1 Å². The van der Waals surface area contributed by atoms with Crippen molar-refractivity contribution in [3.8, 4) is 0 Å². The Bertz CT molecular complexity index is 427. The predicted octanol–water partition coefficient (Wildman–Crippen LogP) is 4.41. The maximum absolute atomic E-state index is 5.95. The van der Waals surface area contributed by atoms with Gasteiger partial charge in [-0.25, -0.2) is 0 Å². The monoisotopic (exact) mass is 325 g/mol. The topological polar surface area (TPSA) is 21.3 Å². The number of nitrogens with one attached hydrogen (secondary N) is 1. The van der Waals surface area contributed by atoms with Crippen molar-refractivity contribution in [1.29, 1.82) is 0 Å². The van der Waals surface area contributed by atoms with Gasteiger partial charge in [0.2, 0.25) is 0 Å². The molecule has 1 aliphatic carbocycles. The van der Waals surface area contributed by atoms with E-state index in [0.717, 1.165) is 23.5 Å². The molecule has 1 fully saturated rings. The van der Waals surface area contributed by atoms with Gasteiger partial charge in [-0.15, -0.1) is 0 Å². The van der Waals surface area contributed by atoms with Gasteiger partial charge >= 0.3 is 0 Å². The van der Waals surface area contributed by atoms with Crippen molar-refractivity contribution in [1.82, 2.24) is 5.32 Å². The number of benzene rings is 1. The fraction of sp³-hybridized carbons (Fsp3) is 0.625. The van der Waals surface area contributed by atoms with Crippen LogP contribution in [0.2, 0.25) is 0 Å². The first-order valence-corrected chi connectivity index (χ1v) is 7.94. The zero-order valence-corrected chi connectivity index (χ0v) is 13.7. The summed E-state index contributed by atoms with van der Waals surface area (Å²) in [7, 11) is 0. The minimum absolute atomic E-state index is 0.0500. The zero-order chi connectivity index (χ0) is 13.9. The maximum atomic E-state index is 5.95. The van der Waals surface area contributed by atoms with Crippen LogP contribution in [0.4, 0.5) is 0 Å². The predicted molar refractivity (Wildman–Crippen MR) is 83.2 cm³/mol. The maximum Gasteiger partial charge on any atom is 0.0735 e. The van der Waals surface area contributed by atoms with Gasteiger partial charge < -0.3 is 10.1 Å². The molecule has 0 aliphatic heterocycles. The van der Waals surface area contributed by atoms with Crippen LogP contribution in [0, 0.1) is 0 Å². The zero-order valence-electron chi connectivity index (χ0n) is 12.1. The summed E-state index contributed by atoms with van der Waals surface area (Å²) in [6.07, 6.45) is 3.69. The highest BCUT2D eigenvalue weighted by Crippen LogP contribution is 2.24. The molecule has 1 aromatic carbocycles. The summed E-state index contributed by atoms with van der Waals surface area (Å²) in [6.45, 7) is 8.05. The summed E-state index contributed by atoms with van der Waals surface area (Å²) in [5, 5.41) is 3.53. The van der Waals surface area contributed by atoms with E-state index in [2.05, 4.69) is 60.2 Å². The van der Waals surface area contributed by atoms with Gasteiger partial charge in [-0.05, 0) is 50.3 Å². The van der Waals surface area contributed by atoms with Crippen molar-refractivity contribution < 1.29 is 4.74 Å². The molecule has 2 nitrogen and oxygen atoms in total. The summed E-state index contributed by atoms with van der Waals surface area (Å²) < 4.78 is 7.10. The summed E-state index contributed by atoms with van der Waals surface area (Å²) in [4.78, 5) is 0. The highest BCUT2D eigenvalue weighted by atomic mass is 79.9. The SMILES string of the molecule is CCC(C)(C)OCc1ccc(CNC2CC2)cc1Br. The number of hydrogen-bond donors (Lipinski definition) is 1. The molecule has 2 rings (SSSR count). The Hall–Kier alpha value is -0.380. The molecule has 0 amide bonds. The summed E-state index contributed by atoms with van der Waals surface area (Å²) in [6, 6.07) is 7.32. The largest absolute Gasteiger partial charge is 0.371 e. The van der Waals surface area contributed by atoms with Crippen molar-refractivity contribution in [3.05, 3.63) is 33.8 Å². The molecule has 1 aliphatic rings. The molecule has 1 N–H and O–H groups in total. The minimum atomic E-state index is -0.0500. The summed E-state index contributed by atoms with van der Waals surface area (Å²) in [5.74, 6) is 0. The molecule has 0 heterocycles. The molecule has 0 spiro atoms. The number of hydrogen-bond acceptors (Lipinski definition) is 2. The molecule has 3 heteroatoms. The van der Waals surface area contributed by atoms with Crippen molar-refractivity contribution in [2.75, 3.05) is 0 Å². The Morgan fingerprint density at radius 3 is 2.68 bits per heavy atom. The van der Waals surface area contributed by atoms with Crippen LogP contribution >= 0.6 is 15.9 Å². The van der Waals surface area contributed by atoms with E-state index >= 15 is 0 Å². The van der Waals surface area contributed by atoms with E-state index in [-0.39, 0.29) is 5.60 Å². The van der Waals surface area contributed by atoms with Crippen molar-refractivity contribution in [2.45, 2.75) is 64.8 Å². The van der Waals surface area contributed by atoms with Gasteiger partial charge in [-0.3, -0.25) is 0 Å². The van der Waals surface area contributed by atoms with Crippen LogP contribution in [0.1, 0.15) is 51.2 Å². The third-order valence-electron chi connectivity index (χ3n) is 3.76. The van der Waals surface area contributed by atoms with Gasteiger partial charge in [0.15, 0.2) is 0 Å². The average molecular weight is 326 g/mol. The van der Waals surface area contributed by atoms with E-state index in [4.69, 9.17) is 4.74 Å². The van der Waals surface area contributed by atoms with Crippen LogP contribution in [0.15, 0.2) is 22.7 Å². The Morgan fingerprint density at radius 1 is 1.37 bits per heavy atom. The molecule has 0 aromatic heterocycles. The van der Waals surface area contributed by atoms with Gasteiger partial charge in [0.25, 0.3) is 0 Å². The third kappa shape index (κ3) is 4.90. The molecule has 0 radical (unpaired) electrons. The first-order valence-electron chi connectivity index (χ1n) is 7.15. The van der Waals surface area contributed by atoms with Crippen LogP contribution < -0.4 is 5.32 Å². The van der Waals surface area contributed by atoms with Crippen LogP contribution in [0.25, 0.3) is 0 Å². The summed E-state index contributed by atoms with van der Waals surface area (Å²) >= 11 is 3.65. The van der Waals surface area contributed by atoms with E-state index in [9.17, 15) is 0 Å². The number of ether oxygens (including phenoxy) is 1. The fourth-order valence-electron chi connectivity index (χ4n) is 1.74. The van der Waals surface area contributed by atoms with Crippen LogP contribution in [-0.2, 0) is 17.9 Å². The highest BCUT2D eigenvalue weighted by Gasteiger charge is 2.20. The van der Waals surface area contributed by atoms with Crippen LogP contribution in [-0.4, -0.2) is 11.6 Å². The molecule has 1 aromatic rings. The smallest absolute Gasteiger partial charge is 0.0735 e. The molecule has 1 saturated carbocycles. The van der Waals surface area contributed by atoms with E-state index in [0.29, 0.717) is 6.61 Å². The highest BCUT2D eigenvalue weighted by molar-refractivity contribution is 9.10. The quantitative estimate of drug-likeness (QED) is 0.801. The normalized spacial score (nSPS) is 15.8. The first-order chi connectivity index (χ1) is 9.00. The van der Waals surface area contributed by atoms with Crippen LogP contribution in [0.5, 0.6) is 0 Å². The molecular formula is C16H24BrNO. The molecule has 0 atom stereocenters. The fourth-order valence-corrected chi connectivity index (χ4v) is 2.28. The molecule has 0 bridgehead atoms. The van der Waals surface area contributed by atoms with E-state index in [1.54, 1.807) is 0 Å². The van der Waals surface area contributed by atoms with Gasteiger partial charge in [-0.1, -0.05) is 35.0 Å². The van der Waals surface area contributed by atoms with Gasteiger partial charge in [0.05, 0.1) is 12.2 Å². The Labute approximate surface area is 125 Å². The average Bonchev–Trinajstić information content (AvgIpc) is 3.19. The molecule has 0 saturated heterocycles. The second kappa shape index (κ2) is 6.38. The van der Waals surface area contributed by atoms with E-state index in [1.165, 1.54) is 24.0 Å². The second-order valence-corrected chi connectivity index (χ2v) is 6.84. The lowest BCUT2D eigenvalue weighted by molar-refractivity contribution is -0.0318. The lowest BCUT2D eigenvalue weighted by Crippen LogP contribution is -2.22. The Balaban J connectivity index is 1.90. The van der Waals surface area contributed by atoms with Crippen molar-refractivity contribution >= 4 is 15.9 Å². The molecule has 19 heavy (non-hydrogen) atoms. The second-order valence-electron chi connectivity index (χ2n) is 5.98. The lowest BCUT2D eigenvalue weighted by Gasteiger charge is -2.24. The van der Waals surface area contributed by atoms with Gasteiger partial charge in [-0.2, -0.15) is 0 Å². The Morgan fingerprint density at radius 2 is 2.11 bits per heavy atom. The molecular weight excluding hydrogens is 302 g/mol. The number of halogens is 1. The third-order valence-corrected chi connectivity index (χ3v) is 4.50. The van der Waals surface area contributed by atoms with Crippen LogP contribution in [0.3, 0.4) is 0 Å². The van der Waals surface area contributed by atoms with Crippen molar-refractivity contribution in [3.63, 3.8) is 0 Å². The number of rotatable bonds is 7. The first kappa shape index (κ1) is 15.0. The summed E-state index contributed by atoms with van der Waals surface area (Å²) in [5.41, 5.74) is 2.50. The lowest BCUT2D eigenvalue weighted by atomic mass is 10.1. The molecule has 106 valence electrons.